The topological polar surface area (TPSA) is 95.1 Å². The molecule has 3 aromatic rings. The summed E-state index contributed by atoms with van der Waals surface area (Å²) in [6.07, 6.45) is 3.04. The Kier molecular flexibility index (Phi) is 4.78. The van der Waals surface area contributed by atoms with Gasteiger partial charge in [-0.15, -0.1) is 22.7 Å². The Morgan fingerprint density at radius 1 is 1.27 bits per heavy atom. The fourth-order valence-electron chi connectivity index (χ4n) is 3.52. The van der Waals surface area contributed by atoms with Crippen LogP contribution in [0.5, 0.6) is 0 Å². The van der Waals surface area contributed by atoms with Gasteiger partial charge in [-0.3, -0.25) is 14.0 Å². The van der Waals surface area contributed by atoms with Crippen LogP contribution < -0.4 is 5.56 Å². The zero-order valence-electron chi connectivity index (χ0n) is 14.1. The maximum atomic E-state index is 13.1. The second kappa shape index (κ2) is 7.07. The summed E-state index contributed by atoms with van der Waals surface area (Å²) < 4.78 is 1.55. The second-order valence-electron chi connectivity index (χ2n) is 6.30. The smallest absolute Gasteiger partial charge is 0.267 e. The third kappa shape index (κ3) is 2.84. The highest BCUT2D eigenvalue weighted by Crippen LogP contribution is 2.35. The fraction of sp³-hybridized carbons (Fsp3) is 0.471. The molecule has 0 aromatic carbocycles. The van der Waals surface area contributed by atoms with Crippen molar-refractivity contribution in [2.24, 2.45) is 0 Å². The van der Waals surface area contributed by atoms with Gasteiger partial charge in [-0.25, -0.2) is 4.98 Å². The number of nitrogens with zero attached hydrogens (tertiary/aromatic N) is 3. The molecule has 0 saturated carbocycles. The molecule has 26 heavy (non-hydrogen) atoms. The SMILES string of the molecule is O=C(Cc1csc2nc3sc4c(c3c(=O)n12)CCC4)N(CCO)CCO. The van der Waals surface area contributed by atoms with E-state index >= 15 is 0 Å². The van der Waals surface area contributed by atoms with E-state index in [9.17, 15) is 9.59 Å². The maximum Gasteiger partial charge on any atom is 0.267 e. The summed E-state index contributed by atoms with van der Waals surface area (Å²) in [7, 11) is 0. The van der Waals surface area contributed by atoms with E-state index in [1.54, 1.807) is 21.1 Å². The van der Waals surface area contributed by atoms with Crippen LogP contribution >= 0.6 is 22.7 Å². The van der Waals surface area contributed by atoms with Crippen LogP contribution in [0.4, 0.5) is 0 Å². The predicted octanol–water partition coefficient (Wildman–Crippen LogP) is 0.815. The number of amides is 1. The first-order valence-electron chi connectivity index (χ1n) is 8.57. The Morgan fingerprint density at radius 2 is 2.04 bits per heavy atom. The number of hydrogen-bond acceptors (Lipinski definition) is 7. The van der Waals surface area contributed by atoms with Gasteiger partial charge in [0.15, 0.2) is 4.96 Å². The zero-order valence-corrected chi connectivity index (χ0v) is 15.7. The van der Waals surface area contributed by atoms with Crippen LogP contribution in [-0.4, -0.2) is 56.7 Å². The molecule has 1 aliphatic carbocycles. The number of carbonyl (C=O) groups excluding carboxylic acids is 1. The molecule has 3 heterocycles. The summed E-state index contributed by atoms with van der Waals surface area (Å²) in [5, 5.41) is 20.7. The first kappa shape index (κ1) is 17.6. The summed E-state index contributed by atoms with van der Waals surface area (Å²) in [5.41, 5.74) is 1.64. The fourth-order valence-corrected chi connectivity index (χ4v) is 5.71. The van der Waals surface area contributed by atoms with E-state index in [0.717, 1.165) is 29.7 Å². The summed E-state index contributed by atoms with van der Waals surface area (Å²) in [6.45, 7) is -0.00756. The van der Waals surface area contributed by atoms with Crippen LogP contribution in [0.2, 0.25) is 0 Å². The lowest BCUT2D eigenvalue weighted by molar-refractivity contribution is -0.131. The minimum absolute atomic E-state index is 0.0411. The molecule has 0 aliphatic heterocycles. The molecule has 0 fully saturated rings. The maximum absolute atomic E-state index is 13.1. The molecule has 0 spiro atoms. The van der Waals surface area contributed by atoms with Crippen LogP contribution in [0.1, 0.15) is 22.6 Å². The van der Waals surface area contributed by atoms with Crippen molar-refractivity contribution in [3.05, 3.63) is 31.9 Å². The number of aliphatic hydroxyl groups is 2. The average Bonchev–Trinajstić information content (AvgIpc) is 3.29. The van der Waals surface area contributed by atoms with E-state index in [1.165, 1.54) is 21.1 Å². The largest absolute Gasteiger partial charge is 0.395 e. The van der Waals surface area contributed by atoms with Crippen molar-refractivity contribution >= 4 is 43.8 Å². The van der Waals surface area contributed by atoms with Crippen molar-refractivity contribution in [3.8, 4) is 0 Å². The van der Waals surface area contributed by atoms with Gasteiger partial charge in [0.05, 0.1) is 25.0 Å². The molecule has 0 atom stereocenters. The molecule has 2 N–H and O–H groups in total. The molecular formula is C17H19N3O4S2. The molecule has 3 aromatic heterocycles. The Bertz CT molecular complexity index is 1030. The number of rotatable bonds is 6. The van der Waals surface area contributed by atoms with Crippen molar-refractivity contribution in [3.63, 3.8) is 0 Å². The van der Waals surface area contributed by atoms with Gasteiger partial charge in [0.25, 0.3) is 5.56 Å². The van der Waals surface area contributed by atoms with Crippen molar-refractivity contribution in [2.45, 2.75) is 25.7 Å². The molecule has 4 rings (SSSR count). The lowest BCUT2D eigenvalue weighted by Gasteiger charge is -2.20. The highest BCUT2D eigenvalue weighted by atomic mass is 32.1. The number of aryl methyl sites for hydroxylation is 2. The first-order chi connectivity index (χ1) is 12.6. The van der Waals surface area contributed by atoms with Crippen molar-refractivity contribution in [2.75, 3.05) is 26.3 Å². The highest BCUT2D eigenvalue weighted by Gasteiger charge is 2.24. The van der Waals surface area contributed by atoms with Crippen LogP contribution in [0.15, 0.2) is 10.2 Å². The van der Waals surface area contributed by atoms with Gasteiger partial charge >= 0.3 is 0 Å². The van der Waals surface area contributed by atoms with Gasteiger partial charge < -0.3 is 15.1 Å². The van der Waals surface area contributed by atoms with Crippen LogP contribution in [0.25, 0.3) is 15.2 Å². The van der Waals surface area contributed by atoms with Gasteiger partial charge in [-0.2, -0.15) is 0 Å². The summed E-state index contributed by atoms with van der Waals surface area (Å²) in [6, 6.07) is 0. The summed E-state index contributed by atoms with van der Waals surface area (Å²) in [4.78, 5) is 34.3. The van der Waals surface area contributed by atoms with E-state index < -0.39 is 0 Å². The van der Waals surface area contributed by atoms with Crippen LogP contribution in [-0.2, 0) is 24.1 Å². The molecule has 0 unspecified atom stereocenters. The van der Waals surface area contributed by atoms with Crippen LogP contribution in [0, 0.1) is 0 Å². The molecule has 1 aliphatic rings. The lowest BCUT2D eigenvalue weighted by atomic mass is 10.2. The monoisotopic (exact) mass is 393 g/mol. The van der Waals surface area contributed by atoms with Crippen molar-refractivity contribution in [1.29, 1.82) is 0 Å². The third-order valence-corrected chi connectivity index (χ3v) is 6.78. The normalized spacial score (nSPS) is 13.6. The second-order valence-corrected chi connectivity index (χ2v) is 8.22. The molecule has 0 saturated heterocycles. The third-order valence-electron chi connectivity index (χ3n) is 4.72. The van der Waals surface area contributed by atoms with Gasteiger partial charge in [0, 0.05) is 29.0 Å². The molecule has 0 bridgehead atoms. The van der Waals surface area contributed by atoms with Crippen LogP contribution in [0.3, 0.4) is 0 Å². The van der Waals surface area contributed by atoms with E-state index in [1.807, 2.05) is 0 Å². The summed E-state index contributed by atoms with van der Waals surface area (Å²) in [5.74, 6) is -0.227. The molecule has 0 radical (unpaired) electrons. The predicted molar refractivity (Wildman–Crippen MR) is 101 cm³/mol. The number of carbonyl (C=O) groups is 1. The van der Waals surface area contributed by atoms with Crippen molar-refractivity contribution < 1.29 is 15.0 Å². The molecule has 1 amide bonds. The van der Waals surface area contributed by atoms with Gasteiger partial charge in [0.2, 0.25) is 5.91 Å². The Morgan fingerprint density at radius 3 is 2.77 bits per heavy atom. The Hall–Kier alpha value is -1.81. The molecule has 7 nitrogen and oxygen atoms in total. The van der Waals surface area contributed by atoms with Gasteiger partial charge in [-0.05, 0) is 24.8 Å². The minimum Gasteiger partial charge on any atom is -0.395 e. The standard InChI is InChI=1S/C17H19N3O4S2/c21-6-4-19(5-7-22)13(23)8-10-9-25-17-18-15-14(16(24)20(10)17)11-2-1-3-12(11)26-15/h9,21-22H,1-8H2. The molecule has 138 valence electrons. The van der Waals surface area contributed by atoms with E-state index in [4.69, 9.17) is 10.2 Å². The van der Waals surface area contributed by atoms with Crippen molar-refractivity contribution in [1.82, 2.24) is 14.3 Å². The number of thiazole rings is 1. The number of aromatic nitrogens is 2. The number of aliphatic hydroxyl groups excluding tert-OH is 2. The van der Waals surface area contributed by atoms with E-state index in [2.05, 4.69) is 4.98 Å². The van der Waals surface area contributed by atoms with E-state index in [-0.39, 0.29) is 44.2 Å². The van der Waals surface area contributed by atoms with Gasteiger partial charge in [0.1, 0.15) is 4.83 Å². The number of fused-ring (bicyclic) bond motifs is 4. The summed E-state index contributed by atoms with van der Waals surface area (Å²) >= 11 is 2.96. The quantitative estimate of drug-likeness (QED) is 0.646. The lowest BCUT2D eigenvalue weighted by Crippen LogP contribution is -2.37. The molecule has 9 heteroatoms. The number of thiophene rings is 1. The Balaban J connectivity index is 1.75. The average molecular weight is 393 g/mol. The zero-order chi connectivity index (χ0) is 18.3. The first-order valence-corrected chi connectivity index (χ1v) is 10.3. The van der Waals surface area contributed by atoms with Gasteiger partial charge in [-0.1, -0.05) is 0 Å². The Labute approximate surface area is 157 Å². The number of hydrogen-bond donors (Lipinski definition) is 2. The van der Waals surface area contributed by atoms with E-state index in [0.29, 0.717) is 16.0 Å². The molecular weight excluding hydrogens is 374 g/mol. The highest BCUT2D eigenvalue weighted by molar-refractivity contribution is 7.19. The minimum atomic E-state index is -0.227.